The standard InChI is InChI=1S/C10H15BrOS/c1-7(2)8(6-12)5-9-3-4-10(11)13-9/h3-4,7-8,12H,5-6H2,1-2H3. The zero-order chi connectivity index (χ0) is 9.84. The minimum Gasteiger partial charge on any atom is -0.396 e. The predicted octanol–water partition coefficient (Wildman–Crippen LogP) is 3.32. The first kappa shape index (κ1) is 11.2. The second-order valence-electron chi connectivity index (χ2n) is 3.60. The molecule has 0 saturated carbocycles. The lowest BCUT2D eigenvalue weighted by Crippen LogP contribution is -2.15. The Kier molecular flexibility index (Phi) is 4.42. The maximum Gasteiger partial charge on any atom is 0.0701 e. The topological polar surface area (TPSA) is 20.2 Å². The quantitative estimate of drug-likeness (QED) is 0.883. The molecule has 74 valence electrons. The van der Waals surface area contributed by atoms with Crippen molar-refractivity contribution in [1.29, 1.82) is 0 Å². The van der Waals surface area contributed by atoms with Crippen LogP contribution in [0.15, 0.2) is 15.9 Å². The summed E-state index contributed by atoms with van der Waals surface area (Å²) in [6.45, 7) is 4.60. The second kappa shape index (κ2) is 5.13. The Morgan fingerprint density at radius 1 is 1.46 bits per heavy atom. The van der Waals surface area contributed by atoms with E-state index in [-0.39, 0.29) is 6.61 Å². The van der Waals surface area contributed by atoms with Crippen LogP contribution in [0.2, 0.25) is 0 Å². The third-order valence-corrected chi connectivity index (χ3v) is 3.92. The summed E-state index contributed by atoms with van der Waals surface area (Å²) in [4.78, 5) is 1.35. The van der Waals surface area contributed by atoms with Crippen LogP contribution in [0.1, 0.15) is 18.7 Å². The zero-order valence-electron chi connectivity index (χ0n) is 7.96. The first-order valence-corrected chi connectivity index (χ1v) is 6.09. The second-order valence-corrected chi connectivity index (χ2v) is 6.14. The number of hydrogen-bond donors (Lipinski definition) is 1. The van der Waals surface area contributed by atoms with Gasteiger partial charge in [-0.2, -0.15) is 0 Å². The highest BCUT2D eigenvalue weighted by Crippen LogP contribution is 2.26. The van der Waals surface area contributed by atoms with E-state index < -0.39 is 0 Å². The van der Waals surface area contributed by atoms with Gasteiger partial charge in [0.2, 0.25) is 0 Å². The Morgan fingerprint density at radius 2 is 2.15 bits per heavy atom. The van der Waals surface area contributed by atoms with Crippen molar-refractivity contribution in [2.45, 2.75) is 20.3 Å². The van der Waals surface area contributed by atoms with Crippen molar-refractivity contribution in [3.8, 4) is 0 Å². The van der Waals surface area contributed by atoms with Gasteiger partial charge in [-0.1, -0.05) is 13.8 Å². The first-order chi connectivity index (χ1) is 6.13. The van der Waals surface area contributed by atoms with Crippen molar-refractivity contribution >= 4 is 27.3 Å². The van der Waals surface area contributed by atoms with Gasteiger partial charge in [0, 0.05) is 11.5 Å². The maximum atomic E-state index is 9.16. The first-order valence-electron chi connectivity index (χ1n) is 4.48. The number of rotatable bonds is 4. The van der Waals surface area contributed by atoms with Gasteiger partial charge in [-0.15, -0.1) is 11.3 Å². The number of aliphatic hydroxyl groups is 1. The van der Waals surface area contributed by atoms with Crippen molar-refractivity contribution in [3.63, 3.8) is 0 Å². The smallest absolute Gasteiger partial charge is 0.0701 e. The fraction of sp³-hybridized carbons (Fsp3) is 0.600. The van der Waals surface area contributed by atoms with Crippen LogP contribution in [0.3, 0.4) is 0 Å². The van der Waals surface area contributed by atoms with E-state index in [0.29, 0.717) is 11.8 Å². The normalized spacial score (nSPS) is 13.6. The van der Waals surface area contributed by atoms with Gasteiger partial charge in [0.1, 0.15) is 0 Å². The average molecular weight is 263 g/mol. The van der Waals surface area contributed by atoms with Crippen LogP contribution < -0.4 is 0 Å². The molecule has 1 nitrogen and oxygen atoms in total. The largest absolute Gasteiger partial charge is 0.396 e. The van der Waals surface area contributed by atoms with E-state index in [0.717, 1.165) is 6.42 Å². The molecule has 0 aliphatic carbocycles. The predicted molar refractivity (Wildman–Crippen MR) is 61.1 cm³/mol. The van der Waals surface area contributed by atoms with Crippen LogP contribution in [0.5, 0.6) is 0 Å². The van der Waals surface area contributed by atoms with Gasteiger partial charge in [-0.05, 0) is 46.3 Å². The molecule has 1 rings (SSSR count). The fourth-order valence-corrected chi connectivity index (χ4v) is 2.81. The summed E-state index contributed by atoms with van der Waals surface area (Å²) >= 11 is 5.19. The van der Waals surface area contributed by atoms with Crippen LogP contribution >= 0.6 is 27.3 Å². The van der Waals surface area contributed by atoms with E-state index in [1.807, 2.05) is 0 Å². The Morgan fingerprint density at radius 3 is 2.54 bits per heavy atom. The minimum absolute atomic E-state index is 0.285. The average Bonchev–Trinajstić information content (AvgIpc) is 2.46. The van der Waals surface area contributed by atoms with E-state index >= 15 is 0 Å². The Balaban J connectivity index is 2.56. The summed E-state index contributed by atoms with van der Waals surface area (Å²) in [5, 5.41) is 9.16. The summed E-state index contributed by atoms with van der Waals surface area (Å²) in [6, 6.07) is 4.19. The van der Waals surface area contributed by atoms with E-state index in [2.05, 4.69) is 41.9 Å². The molecule has 0 aliphatic rings. The summed E-state index contributed by atoms with van der Waals surface area (Å²) < 4.78 is 1.17. The van der Waals surface area contributed by atoms with Gasteiger partial charge < -0.3 is 5.11 Å². The molecular weight excluding hydrogens is 248 g/mol. The SMILES string of the molecule is CC(C)C(CO)Cc1ccc(Br)s1. The zero-order valence-corrected chi connectivity index (χ0v) is 10.4. The van der Waals surface area contributed by atoms with Crippen LogP contribution in [0.25, 0.3) is 0 Å². The van der Waals surface area contributed by atoms with Gasteiger partial charge in [0.15, 0.2) is 0 Å². The van der Waals surface area contributed by atoms with Gasteiger partial charge in [0.05, 0.1) is 3.79 Å². The van der Waals surface area contributed by atoms with E-state index in [4.69, 9.17) is 5.11 Å². The molecule has 3 heteroatoms. The molecule has 1 N–H and O–H groups in total. The van der Waals surface area contributed by atoms with E-state index in [1.165, 1.54) is 8.66 Å². The summed E-state index contributed by atoms with van der Waals surface area (Å²) in [7, 11) is 0. The molecule has 1 heterocycles. The fourth-order valence-electron chi connectivity index (χ4n) is 1.23. The lowest BCUT2D eigenvalue weighted by atomic mass is 9.93. The van der Waals surface area contributed by atoms with Gasteiger partial charge in [0.25, 0.3) is 0 Å². The lowest BCUT2D eigenvalue weighted by Gasteiger charge is -2.16. The maximum absolute atomic E-state index is 9.16. The number of halogens is 1. The number of hydrogen-bond acceptors (Lipinski definition) is 2. The van der Waals surface area contributed by atoms with Crippen LogP contribution in [0, 0.1) is 11.8 Å². The third-order valence-electron chi connectivity index (χ3n) is 2.27. The van der Waals surface area contributed by atoms with Crippen molar-refractivity contribution < 1.29 is 5.11 Å². The highest BCUT2D eigenvalue weighted by atomic mass is 79.9. The highest BCUT2D eigenvalue weighted by Gasteiger charge is 2.13. The highest BCUT2D eigenvalue weighted by molar-refractivity contribution is 9.11. The molecule has 13 heavy (non-hydrogen) atoms. The van der Waals surface area contributed by atoms with Crippen LogP contribution in [0.4, 0.5) is 0 Å². The van der Waals surface area contributed by atoms with Crippen molar-refractivity contribution in [1.82, 2.24) is 0 Å². The van der Waals surface area contributed by atoms with Crippen molar-refractivity contribution in [2.75, 3.05) is 6.61 Å². The molecule has 0 amide bonds. The molecular formula is C10H15BrOS. The monoisotopic (exact) mass is 262 g/mol. The number of aliphatic hydroxyl groups excluding tert-OH is 1. The third kappa shape index (κ3) is 3.41. The summed E-state index contributed by atoms with van der Waals surface area (Å²) in [5.41, 5.74) is 0. The van der Waals surface area contributed by atoms with Crippen molar-refractivity contribution in [3.05, 3.63) is 20.8 Å². The van der Waals surface area contributed by atoms with Crippen molar-refractivity contribution in [2.24, 2.45) is 11.8 Å². The summed E-state index contributed by atoms with van der Waals surface area (Å²) in [6.07, 6.45) is 0.991. The van der Waals surface area contributed by atoms with E-state index in [9.17, 15) is 0 Å². The van der Waals surface area contributed by atoms with Crippen LogP contribution in [-0.2, 0) is 6.42 Å². The molecule has 1 unspecified atom stereocenters. The summed E-state index contributed by atoms with van der Waals surface area (Å²) in [5.74, 6) is 0.941. The molecule has 1 atom stereocenters. The molecule has 0 aromatic carbocycles. The molecule has 1 aromatic rings. The Labute approximate surface area is 91.9 Å². The molecule has 0 spiro atoms. The van der Waals surface area contributed by atoms with Crippen LogP contribution in [-0.4, -0.2) is 11.7 Å². The lowest BCUT2D eigenvalue weighted by molar-refractivity contribution is 0.190. The molecule has 0 aliphatic heterocycles. The molecule has 0 radical (unpaired) electrons. The van der Waals surface area contributed by atoms with Gasteiger partial charge >= 0.3 is 0 Å². The Hall–Kier alpha value is 0.140. The van der Waals surface area contributed by atoms with Gasteiger partial charge in [-0.25, -0.2) is 0 Å². The Bertz CT molecular complexity index is 257. The molecule has 1 aromatic heterocycles. The molecule has 0 fully saturated rings. The molecule has 0 saturated heterocycles. The number of thiophene rings is 1. The van der Waals surface area contributed by atoms with E-state index in [1.54, 1.807) is 11.3 Å². The molecule has 0 bridgehead atoms. The van der Waals surface area contributed by atoms with Gasteiger partial charge in [-0.3, -0.25) is 0 Å². The minimum atomic E-state index is 0.285.